The molecule has 3 aromatic heterocycles. The van der Waals surface area contributed by atoms with Crippen molar-refractivity contribution in [3.05, 3.63) is 70.3 Å². The van der Waals surface area contributed by atoms with Crippen LogP contribution in [-0.4, -0.2) is 33.1 Å². The molecule has 10 heteroatoms. The van der Waals surface area contributed by atoms with Crippen molar-refractivity contribution >= 4 is 46.3 Å². The molecule has 0 fully saturated rings. The number of ether oxygens (including phenoxy) is 1. The number of carboxylic acid groups (broad SMARTS) is 1. The maximum Gasteiger partial charge on any atom is 0.409 e. The van der Waals surface area contributed by atoms with E-state index in [1.54, 1.807) is 35.0 Å². The van der Waals surface area contributed by atoms with Gasteiger partial charge in [0.25, 0.3) is 5.91 Å². The van der Waals surface area contributed by atoms with Gasteiger partial charge in [0.2, 0.25) is 0 Å². The molecule has 4 N–H and O–H groups in total. The highest BCUT2D eigenvalue weighted by Crippen LogP contribution is 2.36. The number of benzene rings is 1. The van der Waals surface area contributed by atoms with Crippen LogP contribution >= 0.6 is 22.9 Å². The van der Waals surface area contributed by atoms with E-state index in [1.165, 1.54) is 11.3 Å². The quantitative estimate of drug-likeness (QED) is 0.377. The van der Waals surface area contributed by atoms with E-state index in [2.05, 4.69) is 10.3 Å². The van der Waals surface area contributed by atoms with E-state index in [9.17, 15) is 9.59 Å². The SMILES string of the molecule is NC(=O)c1sc(-c2cnc3cc(NC(=O)O)ccn23)cc1OCCc1ccccc1Cl. The topological polar surface area (TPSA) is 119 Å². The Morgan fingerprint density at radius 3 is 2.81 bits per heavy atom. The summed E-state index contributed by atoms with van der Waals surface area (Å²) in [7, 11) is 0. The predicted octanol–water partition coefficient (Wildman–Crippen LogP) is 4.53. The number of aromatic nitrogens is 2. The Hall–Kier alpha value is -3.56. The standard InChI is InChI=1S/C21H17ClN4O4S/c22-14-4-2-1-3-12(14)6-8-30-16-10-17(31-19(16)20(23)27)15-11-24-18-9-13(25-21(28)29)5-7-26(15)18/h1-5,7,9-11,25H,6,8H2,(H2,23,27)(H,28,29). The molecular weight excluding hydrogens is 440 g/mol. The number of fused-ring (bicyclic) bond motifs is 1. The Labute approximate surface area is 185 Å². The van der Waals surface area contributed by atoms with E-state index in [-0.39, 0.29) is 0 Å². The molecule has 0 atom stereocenters. The summed E-state index contributed by atoms with van der Waals surface area (Å²) < 4.78 is 7.65. The van der Waals surface area contributed by atoms with Crippen LogP contribution in [-0.2, 0) is 6.42 Å². The number of amides is 2. The second-order valence-electron chi connectivity index (χ2n) is 6.58. The Kier molecular flexibility index (Phi) is 5.79. The molecule has 0 unspecified atom stereocenters. The zero-order chi connectivity index (χ0) is 22.0. The molecule has 0 radical (unpaired) electrons. The van der Waals surface area contributed by atoms with Gasteiger partial charge in [0, 0.05) is 35.5 Å². The fraction of sp³-hybridized carbons (Fsp3) is 0.0952. The van der Waals surface area contributed by atoms with Crippen LogP contribution in [0, 0.1) is 0 Å². The molecule has 0 aliphatic heterocycles. The van der Waals surface area contributed by atoms with Crippen LogP contribution in [0.2, 0.25) is 5.02 Å². The number of pyridine rings is 1. The van der Waals surface area contributed by atoms with Crippen molar-refractivity contribution in [3.8, 4) is 16.3 Å². The number of halogens is 1. The van der Waals surface area contributed by atoms with Gasteiger partial charge in [0.15, 0.2) is 0 Å². The molecule has 4 rings (SSSR count). The smallest absolute Gasteiger partial charge is 0.409 e. The minimum absolute atomic E-state index is 0.313. The van der Waals surface area contributed by atoms with Crippen LogP contribution < -0.4 is 15.8 Å². The summed E-state index contributed by atoms with van der Waals surface area (Å²) in [4.78, 5) is 28.2. The Balaban J connectivity index is 1.59. The molecule has 0 saturated heterocycles. The van der Waals surface area contributed by atoms with Gasteiger partial charge >= 0.3 is 6.09 Å². The number of anilines is 1. The normalized spacial score (nSPS) is 10.9. The number of nitrogens with two attached hydrogens (primary N) is 1. The zero-order valence-electron chi connectivity index (χ0n) is 16.0. The molecule has 2 amide bonds. The summed E-state index contributed by atoms with van der Waals surface area (Å²) >= 11 is 7.39. The van der Waals surface area contributed by atoms with Crippen LogP contribution in [0.25, 0.3) is 16.2 Å². The van der Waals surface area contributed by atoms with E-state index in [1.807, 2.05) is 24.3 Å². The first-order chi connectivity index (χ1) is 14.9. The summed E-state index contributed by atoms with van der Waals surface area (Å²) in [6, 6.07) is 12.5. The maximum atomic E-state index is 11.9. The van der Waals surface area contributed by atoms with Crippen molar-refractivity contribution in [1.82, 2.24) is 9.38 Å². The molecule has 0 aliphatic rings. The second kappa shape index (κ2) is 8.66. The lowest BCUT2D eigenvalue weighted by Crippen LogP contribution is -2.11. The third kappa shape index (κ3) is 4.47. The average molecular weight is 457 g/mol. The van der Waals surface area contributed by atoms with E-state index >= 15 is 0 Å². The van der Waals surface area contributed by atoms with Gasteiger partial charge in [-0.25, -0.2) is 9.78 Å². The molecule has 0 aliphatic carbocycles. The monoisotopic (exact) mass is 456 g/mol. The molecule has 0 spiro atoms. The first-order valence-corrected chi connectivity index (χ1v) is 10.4. The molecule has 8 nitrogen and oxygen atoms in total. The highest BCUT2D eigenvalue weighted by Gasteiger charge is 2.19. The average Bonchev–Trinajstić information content (AvgIpc) is 3.33. The van der Waals surface area contributed by atoms with E-state index in [0.29, 0.717) is 40.0 Å². The van der Waals surface area contributed by atoms with E-state index in [4.69, 9.17) is 27.2 Å². The number of nitrogens with one attached hydrogen (secondary N) is 1. The van der Waals surface area contributed by atoms with Gasteiger partial charge < -0.3 is 15.6 Å². The third-order valence-electron chi connectivity index (χ3n) is 4.53. The largest absolute Gasteiger partial charge is 0.491 e. The number of hydrogen-bond donors (Lipinski definition) is 3. The minimum Gasteiger partial charge on any atom is -0.491 e. The van der Waals surface area contributed by atoms with Gasteiger partial charge in [0.05, 0.1) is 23.4 Å². The van der Waals surface area contributed by atoms with Crippen LogP contribution in [0.5, 0.6) is 5.75 Å². The van der Waals surface area contributed by atoms with Crippen molar-refractivity contribution < 1.29 is 19.4 Å². The molecule has 1 aromatic carbocycles. The van der Waals surface area contributed by atoms with Gasteiger partial charge in [0.1, 0.15) is 16.3 Å². The third-order valence-corrected chi connectivity index (χ3v) is 6.05. The van der Waals surface area contributed by atoms with Crippen LogP contribution in [0.15, 0.2) is 54.9 Å². The number of thiophene rings is 1. The number of hydrogen-bond acceptors (Lipinski definition) is 5. The minimum atomic E-state index is -1.15. The van der Waals surface area contributed by atoms with Gasteiger partial charge in [-0.3, -0.25) is 14.5 Å². The van der Waals surface area contributed by atoms with Crippen LogP contribution in [0.1, 0.15) is 15.2 Å². The maximum absolute atomic E-state index is 11.9. The lowest BCUT2D eigenvalue weighted by atomic mass is 10.2. The Bertz CT molecular complexity index is 1280. The Morgan fingerprint density at radius 2 is 2.06 bits per heavy atom. The van der Waals surface area contributed by atoms with E-state index in [0.717, 1.165) is 16.1 Å². The zero-order valence-corrected chi connectivity index (χ0v) is 17.6. The molecule has 4 aromatic rings. The fourth-order valence-electron chi connectivity index (χ4n) is 3.12. The molecule has 158 valence electrons. The number of carbonyl (C=O) groups excluding carboxylic acids is 1. The van der Waals surface area contributed by atoms with Crippen molar-refractivity contribution in [2.45, 2.75) is 6.42 Å². The summed E-state index contributed by atoms with van der Waals surface area (Å²) in [5.74, 6) is -0.176. The van der Waals surface area contributed by atoms with Crippen LogP contribution in [0.3, 0.4) is 0 Å². The number of rotatable bonds is 7. The predicted molar refractivity (Wildman–Crippen MR) is 119 cm³/mol. The molecule has 31 heavy (non-hydrogen) atoms. The fourth-order valence-corrected chi connectivity index (χ4v) is 4.31. The lowest BCUT2D eigenvalue weighted by Gasteiger charge is -2.07. The number of nitrogens with zero attached hydrogens (tertiary/aromatic N) is 2. The van der Waals surface area contributed by atoms with Gasteiger partial charge in [-0.1, -0.05) is 29.8 Å². The summed E-state index contributed by atoms with van der Waals surface area (Å²) in [6.45, 7) is 0.331. The first kappa shape index (κ1) is 20.7. The highest BCUT2D eigenvalue weighted by atomic mass is 35.5. The van der Waals surface area contributed by atoms with Crippen molar-refractivity contribution in [3.63, 3.8) is 0 Å². The molecule has 0 bridgehead atoms. The number of imidazole rings is 1. The Morgan fingerprint density at radius 1 is 1.26 bits per heavy atom. The van der Waals surface area contributed by atoms with Gasteiger partial charge in [-0.15, -0.1) is 11.3 Å². The summed E-state index contributed by atoms with van der Waals surface area (Å²) in [6.07, 6.45) is 2.77. The van der Waals surface area contributed by atoms with Crippen molar-refractivity contribution in [2.75, 3.05) is 11.9 Å². The first-order valence-electron chi connectivity index (χ1n) is 9.19. The number of carbonyl (C=O) groups is 2. The van der Waals surface area contributed by atoms with Crippen molar-refractivity contribution in [1.29, 1.82) is 0 Å². The molecule has 3 heterocycles. The molecular formula is C21H17ClN4O4S. The van der Waals surface area contributed by atoms with Crippen LogP contribution in [0.4, 0.5) is 10.5 Å². The summed E-state index contributed by atoms with van der Waals surface area (Å²) in [5, 5.41) is 11.8. The lowest BCUT2D eigenvalue weighted by molar-refractivity contribution is 0.100. The van der Waals surface area contributed by atoms with Crippen molar-refractivity contribution in [2.24, 2.45) is 5.73 Å². The van der Waals surface area contributed by atoms with Gasteiger partial charge in [-0.05, 0) is 17.7 Å². The van der Waals surface area contributed by atoms with Gasteiger partial charge in [-0.2, -0.15) is 0 Å². The van der Waals surface area contributed by atoms with E-state index < -0.39 is 12.0 Å². The second-order valence-corrected chi connectivity index (χ2v) is 8.03. The summed E-state index contributed by atoms with van der Waals surface area (Å²) in [5.41, 5.74) is 8.19. The number of primary amides is 1. The highest BCUT2D eigenvalue weighted by molar-refractivity contribution is 7.17. The molecule has 0 saturated carbocycles.